The maximum atomic E-state index is 13.4. The van der Waals surface area contributed by atoms with Crippen LogP contribution >= 0.6 is 11.6 Å². The summed E-state index contributed by atoms with van der Waals surface area (Å²) in [4.78, 5) is 10.7. The summed E-state index contributed by atoms with van der Waals surface area (Å²) >= 11 is 5.63. The molecular formula is C12H11ClFNaO4. The van der Waals surface area contributed by atoms with E-state index in [2.05, 4.69) is 0 Å². The van der Waals surface area contributed by atoms with Crippen LogP contribution in [0, 0.1) is 5.82 Å². The number of fused-ring (bicyclic) bond motifs is 1. The number of hydrogen-bond donors (Lipinski definition) is 1. The van der Waals surface area contributed by atoms with E-state index in [0.717, 1.165) is 6.07 Å². The second-order valence-corrected chi connectivity index (χ2v) is 4.88. The van der Waals surface area contributed by atoms with E-state index in [4.69, 9.17) is 16.3 Å². The molecule has 1 heterocycles. The first-order valence-corrected chi connectivity index (χ1v) is 5.78. The van der Waals surface area contributed by atoms with Crippen LogP contribution in [0.1, 0.15) is 25.3 Å². The fraction of sp³-hybridized carbons (Fsp3) is 0.417. The molecule has 4 nitrogen and oxygen atoms in total. The van der Waals surface area contributed by atoms with E-state index in [-0.39, 0.29) is 52.3 Å². The van der Waals surface area contributed by atoms with Crippen LogP contribution in [-0.4, -0.2) is 17.2 Å². The van der Waals surface area contributed by atoms with E-state index in [0.29, 0.717) is 0 Å². The summed E-state index contributed by atoms with van der Waals surface area (Å²) in [7, 11) is 0. The molecule has 2 rings (SSSR count). The zero-order valence-corrected chi connectivity index (χ0v) is 13.3. The third kappa shape index (κ3) is 3.41. The van der Waals surface area contributed by atoms with E-state index >= 15 is 0 Å². The summed E-state index contributed by atoms with van der Waals surface area (Å²) in [6, 6.07) is 2.24. The number of halogens is 2. The van der Waals surface area contributed by atoms with E-state index in [1.165, 1.54) is 6.07 Å². The molecule has 1 aliphatic heterocycles. The van der Waals surface area contributed by atoms with Gasteiger partial charge in [0.1, 0.15) is 17.2 Å². The van der Waals surface area contributed by atoms with Crippen molar-refractivity contribution in [2.45, 2.75) is 31.5 Å². The van der Waals surface area contributed by atoms with Gasteiger partial charge in [0.05, 0.1) is 11.1 Å². The zero-order valence-electron chi connectivity index (χ0n) is 10.6. The van der Waals surface area contributed by atoms with Gasteiger partial charge < -0.3 is 19.7 Å². The Morgan fingerprint density at radius 1 is 1.68 bits per heavy atom. The number of aliphatic hydroxyl groups is 1. The molecule has 0 amide bonds. The molecule has 0 fully saturated rings. The number of hydrogen-bond acceptors (Lipinski definition) is 4. The SMILES string of the molecule is CC1C[C@@](O)(CC(=O)[O-])c2cc(F)c(Cl)cc2O1.[Na+]. The number of carboxylic acids is 1. The Hall–Kier alpha value is -0.330. The Balaban J connectivity index is 0.00000180. The van der Waals surface area contributed by atoms with Crippen LogP contribution in [-0.2, 0) is 10.4 Å². The van der Waals surface area contributed by atoms with Crippen molar-refractivity contribution in [2.75, 3.05) is 0 Å². The minimum Gasteiger partial charge on any atom is -0.550 e. The standard InChI is InChI=1S/C12H12ClFO4.Na/c1-6-4-12(17,5-11(15)16)7-2-9(14)8(13)3-10(7)18-6;/h2-3,6,17H,4-5H2,1H3,(H,15,16);/q;+1/p-1/t6?,12-;/m1./s1. The van der Waals surface area contributed by atoms with E-state index in [1.807, 2.05) is 0 Å². The van der Waals surface area contributed by atoms with Crippen molar-refractivity contribution in [3.8, 4) is 5.75 Å². The van der Waals surface area contributed by atoms with Gasteiger partial charge in [-0.3, -0.25) is 0 Å². The molecule has 0 spiro atoms. The molecule has 0 aromatic heterocycles. The summed E-state index contributed by atoms with van der Waals surface area (Å²) in [5.41, 5.74) is -1.61. The molecule has 0 saturated carbocycles. The largest absolute Gasteiger partial charge is 1.00 e. The fourth-order valence-electron chi connectivity index (χ4n) is 2.24. The molecular weight excluding hydrogens is 286 g/mol. The summed E-state index contributed by atoms with van der Waals surface area (Å²) in [6.07, 6.45) is -0.965. The average Bonchev–Trinajstić information content (AvgIpc) is 2.19. The van der Waals surface area contributed by atoms with Gasteiger partial charge in [0.25, 0.3) is 0 Å². The van der Waals surface area contributed by atoms with E-state index in [1.54, 1.807) is 6.92 Å². The van der Waals surface area contributed by atoms with Crippen LogP contribution in [0.2, 0.25) is 5.02 Å². The third-order valence-corrected chi connectivity index (χ3v) is 3.20. The minimum atomic E-state index is -1.70. The number of benzene rings is 1. The molecule has 0 bridgehead atoms. The number of ether oxygens (including phenoxy) is 1. The number of carbonyl (C=O) groups excluding carboxylic acids is 1. The van der Waals surface area contributed by atoms with Crippen molar-refractivity contribution in [3.05, 3.63) is 28.5 Å². The van der Waals surface area contributed by atoms with Crippen molar-refractivity contribution in [1.82, 2.24) is 0 Å². The van der Waals surface area contributed by atoms with Crippen LogP contribution in [0.3, 0.4) is 0 Å². The van der Waals surface area contributed by atoms with Gasteiger partial charge in [0.15, 0.2) is 0 Å². The molecule has 2 atom stereocenters. The molecule has 1 N–H and O–H groups in total. The second-order valence-electron chi connectivity index (χ2n) is 4.48. The number of carbonyl (C=O) groups is 1. The molecule has 0 radical (unpaired) electrons. The molecule has 0 aliphatic carbocycles. The van der Waals surface area contributed by atoms with Crippen LogP contribution in [0.4, 0.5) is 4.39 Å². The van der Waals surface area contributed by atoms with E-state index in [9.17, 15) is 19.4 Å². The van der Waals surface area contributed by atoms with Crippen molar-refractivity contribution >= 4 is 17.6 Å². The first-order valence-electron chi connectivity index (χ1n) is 5.40. The average molecular weight is 297 g/mol. The van der Waals surface area contributed by atoms with Crippen LogP contribution in [0.5, 0.6) is 5.75 Å². The van der Waals surface area contributed by atoms with Crippen LogP contribution < -0.4 is 39.4 Å². The summed E-state index contributed by atoms with van der Waals surface area (Å²) in [6.45, 7) is 1.68. The predicted molar refractivity (Wildman–Crippen MR) is 59.6 cm³/mol. The topological polar surface area (TPSA) is 69.6 Å². The second kappa shape index (κ2) is 5.97. The molecule has 7 heteroatoms. The quantitative estimate of drug-likeness (QED) is 0.640. The monoisotopic (exact) mass is 296 g/mol. The molecule has 1 aromatic carbocycles. The Morgan fingerprint density at radius 3 is 2.89 bits per heavy atom. The van der Waals surface area contributed by atoms with Gasteiger partial charge in [0, 0.05) is 30.4 Å². The van der Waals surface area contributed by atoms with Gasteiger partial charge in [-0.25, -0.2) is 4.39 Å². The van der Waals surface area contributed by atoms with E-state index < -0.39 is 29.9 Å². The Morgan fingerprint density at radius 2 is 2.32 bits per heavy atom. The van der Waals surface area contributed by atoms with Gasteiger partial charge in [-0.05, 0) is 13.0 Å². The van der Waals surface area contributed by atoms with Gasteiger partial charge in [-0.15, -0.1) is 0 Å². The Bertz CT molecular complexity index is 511. The zero-order chi connectivity index (χ0) is 13.5. The van der Waals surface area contributed by atoms with Crippen molar-refractivity contribution < 1.29 is 53.7 Å². The van der Waals surface area contributed by atoms with Gasteiger partial charge in [0.2, 0.25) is 0 Å². The third-order valence-electron chi connectivity index (χ3n) is 2.91. The molecule has 98 valence electrons. The molecule has 1 aliphatic rings. The predicted octanol–water partition coefficient (Wildman–Crippen LogP) is -2.02. The Labute approximate surface area is 136 Å². The van der Waals surface area contributed by atoms with Gasteiger partial charge in [-0.1, -0.05) is 11.6 Å². The van der Waals surface area contributed by atoms with Gasteiger partial charge >= 0.3 is 29.6 Å². The number of rotatable bonds is 2. The van der Waals surface area contributed by atoms with Crippen molar-refractivity contribution in [2.24, 2.45) is 0 Å². The minimum absolute atomic E-state index is 0. The number of carboxylic acid groups (broad SMARTS) is 1. The first kappa shape index (κ1) is 16.7. The Kier molecular flexibility index (Phi) is 5.26. The summed E-state index contributed by atoms with van der Waals surface area (Å²) in [5.74, 6) is -1.94. The maximum Gasteiger partial charge on any atom is 1.00 e. The number of aliphatic carboxylic acids is 1. The maximum absolute atomic E-state index is 13.4. The van der Waals surface area contributed by atoms with Crippen LogP contribution in [0.15, 0.2) is 12.1 Å². The van der Waals surface area contributed by atoms with Gasteiger partial charge in [-0.2, -0.15) is 0 Å². The fourth-order valence-corrected chi connectivity index (χ4v) is 2.39. The summed E-state index contributed by atoms with van der Waals surface area (Å²) in [5, 5.41) is 20.9. The first-order chi connectivity index (χ1) is 8.32. The van der Waals surface area contributed by atoms with Crippen molar-refractivity contribution in [1.29, 1.82) is 0 Å². The normalized spacial score (nSPS) is 24.9. The smallest absolute Gasteiger partial charge is 0.550 e. The summed E-state index contributed by atoms with van der Waals surface area (Å²) < 4.78 is 18.8. The van der Waals surface area contributed by atoms with Crippen molar-refractivity contribution in [3.63, 3.8) is 0 Å². The molecule has 1 aromatic rings. The molecule has 1 unspecified atom stereocenters. The molecule has 0 saturated heterocycles. The van der Waals surface area contributed by atoms with Crippen LogP contribution in [0.25, 0.3) is 0 Å². The molecule has 19 heavy (non-hydrogen) atoms.